The molecule has 2 saturated heterocycles. The van der Waals surface area contributed by atoms with Crippen molar-refractivity contribution in [3.63, 3.8) is 0 Å². The van der Waals surface area contributed by atoms with Gasteiger partial charge < -0.3 is 14.2 Å². The average molecular weight is 352 g/mol. The first-order valence-corrected chi connectivity index (χ1v) is 8.49. The van der Waals surface area contributed by atoms with Crippen LogP contribution < -0.4 is 5.46 Å². The van der Waals surface area contributed by atoms with Gasteiger partial charge in [0.1, 0.15) is 5.69 Å². The number of aromatic nitrogens is 1. The van der Waals surface area contributed by atoms with E-state index in [2.05, 4.69) is 4.98 Å². The second-order valence-electron chi connectivity index (χ2n) is 7.75. The summed E-state index contributed by atoms with van der Waals surface area (Å²) in [5.74, 6) is -3.30. The Hall–Kier alpha value is -1.54. The van der Waals surface area contributed by atoms with Crippen molar-refractivity contribution in [3.8, 4) is 0 Å². The summed E-state index contributed by atoms with van der Waals surface area (Å²) < 4.78 is 38.9. The maximum atomic E-state index is 13.5. The van der Waals surface area contributed by atoms with Gasteiger partial charge in [-0.25, -0.2) is 8.78 Å². The zero-order chi connectivity index (χ0) is 18.5. The van der Waals surface area contributed by atoms with Crippen molar-refractivity contribution >= 4 is 18.5 Å². The largest absolute Gasteiger partial charge is 0.496 e. The summed E-state index contributed by atoms with van der Waals surface area (Å²) in [5.41, 5.74) is -0.0889. The number of carbonyl (C=O) groups excluding carboxylic acids is 1. The second kappa shape index (κ2) is 6.02. The van der Waals surface area contributed by atoms with Crippen LogP contribution in [0.3, 0.4) is 0 Å². The molecule has 0 aliphatic carbocycles. The van der Waals surface area contributed by atoms with E-state index >= 15 is 0 Å². The van der Waals surface area contributed by atoms with Crippen LogP contribution in [0.5, 0.6) is 0 Å². The molecule has 1 aromatic rings. The first-order valence-electron chi connectivity index (χ1n) is 8.49. The van der Waals surface area contributed by atoms with Crippen LogP contribution in [-0.4, -0.2) is 53.1 Å². The van der Waals surface area contributed by atoms with Gasteiger partial charge in [-0.1, -0.05) is 6.07 Å². The van der Waals surface area contributed by atoms with Crippen LogP contribution in [0.1, 0.15) is 51.0 Å². The maximum Gasteiger partial charge on any atom is 0.496 e. The molecule has 0 N–H and O–H groups in total. The highest BCUT2D eigenvalue weighted by Gasteiger charge is 2.51. The monoisotopic (exact) mass is 352 g/mol. The number of hydrogen-bond donors (Lipinski definition) is 0. The lowest BCUT2D eigenvalue weighted by Crippen LogP contribution is -2.46. The molecule has 136 valence electrons. The summed E-state index contributed by atoms with van der Waals surface area (Å²) in [5, 5.41) is 0. The number of hydrogen-bond acceptors (Lipinski definition) is 4. The summed E-state index contributed by atoms with van der Waals surface area (Å²) in [6.07, 6.45) is 1.63. The summed E-state index contributed by atoms with van der Waals surface area (Å²) >= 11 is 0. The Balaban J connectivity index is 1.72. The minimum atomic E-state index is -2.82. The molecule has 0 spiro atoms. The number of alkyl halides is 2. The lowest BCUT2D eigenvalue weighted by molar-refractivity contribution is -0.0561. The molecule has 8 heteroatoms. The molecule has 2 fully saturated rings. The fourth-order valence-corrected chi connectivity index (χ4v) is 2.95. The standard InChI is InChI=1S/C17H23BF2N2O3/c1-15(2)16(3,4)25-18(24-15)12-6-7-13(21-10-12)14(23)22-9-5-8-17(19,20)11-22/h6-7,10H,5,8-9,11H2,1-4H3. The molecule has 0 radical (unpaired) electrons. The van der Waals surface area contributed by atoms with Gasteiger partial charge in [-0.2, -0.15) is 0 Å². The van der Waals surface area contributed by atoms with Gasteiger partial charge in [-0.05, 0) is 40.2 Å². The predicted octanol–water partition coefficient (Wildman–Crippen LogP) is 2.25. The summed E-state index contributed by atoms with van der Waals surface area (Å²) in [7, 11) is -0.569. The predicted molar refractivity (Wildman–Crippen MR) is 90.0 cm³/mol. The van der Waals surface area contributed by atoms with Crippen molar-refractivity contribution in [2.45, 2.75) is 57.7 Å². The first-order chi connectivity index (χ1) is 11.5. The minimum Gasteiger partial charge on any atom is -0.399 e. The quantitative estimate of drug-likeness (QED) is 0.767. The van der Waals surface area contributed by atoms with Crippen molar-refractivity contribution < 1.29 is 22.9 Å². The SMILES string of the molecule is CC1(C)OB(c2ccc(C(=O)N3CCCC(F)(F)C3)nc2)OC1(C)C. The highest BCUT2D eigenvalue weighted by atomic mass is 19.3. The van der Waals surface area contributed by atoms with Crippen molar-refractivity contribution in [2.24, 2.45) is 0 Å². The Kier molecular flexibility index (Phi) is 4.40. The number of amides is 1. The Morgan fingerprint density at radius 2 is 1.84 bits per heavy atom. The second-order valence-corrected chi connectivity index (χ2v) is 7.75. The number of nitrogens with zero attached hydrogens (tertiary/aromatic N) is 2. The molecule has 3 heterocycles. The van der Waals surface area contributed by atoms with Crippen molar-refractivity contribution in [3.05, 3.63) is 24.0 Å². The number of rotatable bonds is 2. The molecule has 1 amide bonds. The molecular weight excluding hydrogens is 329 g/mol. The van der Waals surface area contributed by atoms with Crippen LogP contribution >= 0.6 is 0 Å². The van der Waals surface area contributed by atoms with Gasteiger partial charge in [-0.3, -0.25) is 9.78 Å². The number of piperidine rings is 1. The van der Waals surface area contributed by atoms with E-state index in [1.807, 2.05) is 27.7 Å². The van der Waals surface area contributed by atoms with Crippen LogP contribution in [0.25, 0.3) is 0 Å². The number of halogens is 2. The maximum absolute atomic E-state index is 13.5. The molecule has 3 rings (SSSR count). The molecule has 5 nitrogen and oxygen atoms in total. The Morgan fingerprint density at radius 3 is 2.36 bits per heavy atom. The molecule has 1 aromatic heterocycles. The van der Waals surface area contributed by atoms with Crippen LogP contribution in [-0.2, 0) is 9.31 Å². The van der Waals surface area contributed by atoms with Crippen molar-refractivity contribution in [1.29, 1.82) is 0 Å². The summed E-state index contributed by atoms with van der Waals surface area (Å²) in [4.78, 5) is 17.7. The Morgan fingerprint density at radius 1 is 1.20 bits per heavy atom. The highest BCUT2D eigenvalue weighted by Crippen LogP contribution is 2.36. The summed E-state index contributed by atoms with van der Waals surface area (Å²) in [6, 6.07) is 3.24. The molecule has 2 aliphatic rings. The third-order valence-electron chi connectivity index (χ3n) is 5.21. The van der Waals surface area contributed by atoms with E-state index in [0.717, 1.165) is 0 Å². The first kappa shape index (κ1) is 18.3. The average Bonchev–Trinajstić information content (AvgIpc) is 2.74. The molecule has 0 saturated carbocycles. The number of pyridine rings is 1. The third-order valence-corrected chi connectivity index (χ3v) is 5.21. The van der Waals surface area contributed by atoms with Gasteiger partial charge >= 0.3 is 7.12 Å². The Labute approximate surface area is 146 Å². The molecular formula is C17H23BF2N2O3. The van der Waals surface area contributed by atoms with Crippen molar-refractivity contribution in [2.75, 3.05) is 13.1 Å². The fraction of sp³-hybridized carbons (Fsp3) is 0.647. The number of carbonyl (C=O) groups is 1. The van der Waals surface area contributed by atoms with E-state index in [4.69, 9.17) is 9.31 Å². The zero-order valence-electron chi connectivity index (χ0n) is 15.0. The van der Waals surface area contributed by atoms with E-state index in [0.29, 0.717) is 18.4 Å². The highest BCUT2D eigenvalue weighted by molar-refractivity contribution is 6.62. The van der Waals surface area contributed by atoms with E-state index in [9.17, 15) is 13.6 Å². The third kappa shape index (κ3) is 3.55. The smallest absolute Gasteiger partial charge is 0.399 e. The molecule has 0 aromatic carbocycles. The molecule has 25 heavy (non-hydrogen) atoms. The zero-order valence-corrected chi connectivity index (χ0v) is 15.0. The molecule has 0 bridgehead atoms. The Bertz CT molecular complexity index is 648. The van der Waals surface area contributed by atoms with Gasteiger partial charge in [0, 0.05) is 24.6 Å². The van der Waals surface area contributed by atoms with Crippen LogP contribution in [0, 0.1) is 0 Å². The van der Waals surface area contributed by atoms with Gasteiger partial charge in [0.2, 0.25) is 0 Å². The van der Waals surface area contributed by atoms with E-state index < -0.39 is 36.7 Å². The minimum absolute atomic E-state index is 0.151. The van der Waals surface area contributed by atoms with Crippen LogP contribution in [0.4, 0.5) is 8.78 Å². The van der Waals surface area contributed by atoms with Gasteiger partial charge in [-0.15, -0.1) is 0 Å². The van der Waals surface area contributed by atoms with Gasteiger partial charge in [0.25, 0.3) is 11.8 Å². The fourth-order valence-electron chi connectivity index (χ4n) is 2.95. The lowest BCUT2D eigenvalue weighted by atomic mass is 9.80. The van der Waals surface area contributed by atoms with E-state index in [-0.39, 0.29) is 12.1 Å². The lowest BCUT2D eigenvalue weighted by Gasteiger charge is -2.32. The van der Waals surface area contributed by atoms with E-state index in [1.165, 1.54) is 17.2 Å². The van der Waals surface area contributed by atoms with E-state index in [1.54, 1.807) is 6.07 Å². The molecule has 0 unspecified atom stereocenters. The van der Waals surface area contributed by atoms with Crippen LogP contribution in [0.2, 0.25) is 0 Å². The molecule has 2 aliphatic heterocycles. The number of likely N-dealkylation sites (tertiary alicyclic amines) is 1. The van der Waals surface area contributed by atoms with Gasteiger partial charge in [0.15, 0.2) is 0 Å². The molecule has 0 atom stereocenters. The topological polar surface area (TPSA) is 51.7 Å². The van der Waals surface area contributed by atoms with Crippen LogP contribution in [0.15, 0.2) is 18.3 Å². The van der Waals surface area contributed by atoms with Crippen molar-refractivity contribution in [1.82, 2.24) is 9.88 Å². The summed E-state index contributed by atoms with van der Waals surface area (Å²) in [6.45, 7) is 7.59. The normalized spacial score (nSPS) is 24.4. The van der Waals surface area contributed by atoms with Gasteiger partial charge in [0.05, 0.1) is 17.7 Å².